The molecule has 4 heteroatoms. The van der Waals surface area contributed by atoms with Crippen molar-refractivity contribution in [3.05, 3.63) is 23.9 Å². The fraction of sp³-hybridized carbons (Fsp3) is 0.500. The van der Waals surface area contributed by atoms with Gasteiger partial charge in [-0.1, -0.05) is 19.9 Å². The summed E-state index contributed by atoms with van der Waals surface area (Å²) in [5, 5.41) is 18.9. The van der Waals surface area contributed by atoms with Gasteiger partial charge in [-0.15, -0.1) is 0 Å². The highest BCUT2D eigenvalue weighted by molar-refractivity contribution is 5.46. The van der Waals surface area contributed by atoms with Crippen LogP contribution in [0.4, 0.5) is 5.82 Å². The van der Waals surface area contributed by atoms with Crippen LogP contribution < -0.4 is 4.90 Å². The lowest BCUT2D eigenvalue weighted by Crippen LogP contribution is -2.65. The van der Waals surface area contributed by atoms with Crippen molar-refractivity contribution in [2.24, 2.45) is 5.92 Å². The van der Waals surface area contributed by atoms with Gasteiger partial charge in [0.1, 0.15) is 23.2 Å². The van der Waals surface area contributed by atoms with Crippen LogP contribution in [-0.2, 0) is 0 Å². The lowest BCUT2D eigenvalue weighted by atomic mass is 9.83. The van der Waals surface area contributed by atoms with Gasteiger partial charge in [-0.05, 0) is 18.1 Å². The standard InChI is InChI=1S/C12H15N3O/c1-9(2)12(16)7-15(8-12)11-5-3-4-10(6-13)14-11/h3-5,9,16H,7-8H2,1-2H3. The van der Waals surface area contributed by atoms with Gasteiger partial charge in [0.25, 0.3) is 0 Å². The zero-order valence-electron chi connectivity index (χ0n) is 9.51. The highest BCUT2D eigenvalue weighted by Gasteiger charge is 2.44. The Morgan fingerprint density at radius 2 is 2.19 bits per heavy atom. The molecule has 1 aliphatic rings. The average Bonchev–Trinajstić information content (AvgIpc) is 2.24. The number of anilines is 1. The molecule has 0 bridgehead atoms. The molecule has 2 heterocycles. The fourth-order valence-corrected chi connectivity index (χ4v) is 1.80. The summed E-state index contributed by atoms with van der Waals surface area (Å²) in [4.78, 5) is 6.18. The number of hydrogen-bond acceptors (Lipinski definition) is 4. The Balaban J connectivity index is 2.10. The van der Waals surface area contributed by atoms with E-state index in [-0.39, 0.29) is 5.92 Å². The third-order valence-electron chi connectivity index (χ3n) is 3.18. The van der Waals surface area contributed by atoms with E-state index in [0.29, 0.717) is 18.8 Å². The molecule has 1 aliphatic heterocycles. The number of aromatic nitrogens is 1. The summed E-state index contributed by atoms with van der Waals surface area (Å²) in [6.45, 7) is 5.20. The maximum atomic E-state index is 10.1. The summed E-state index contributed by atoms with van der Waals surface area (Å²) in [5.74, 6) is 1.01. The molecule has 1 aromatic rings. The van der Waals surface area contributed by atoms with Crippen molar-refractivity contribution in [1.82, 2.24) is 4.98 Å². The minimum Gasteiger partial charge on any atom is -0.386 e. The van der Waals surface area contributed by atoms with Crippen LogP contribution in [0.5, 0.6) is 0 Å². The molecule has 1 fully saturated rings. The second-order valence-corrected chi connectivity index (χ2v) is 4.61. The first-order chi connectivity index (χ1) is 7.55. The Morgan fingerprint density at radius 3 is 2.75 bits per heavy atom. The molecule has 0 atom stereocenters. The maximum absolute atomic E-state index is 10.1. The number of aliphatic hydroxyl groups is 1. The van der Waals surface area contributed by atoms with Crippen LogP contribution in [0, 0.1) is 17.2 Å². The van der Waals surface area contributed by atoms with Crippen molar-refractivity contribution in [3.63, 3.8) is 0 Å². The van der Waals surface area contributed by atoms with E-state index >= 15 is 0 Å². The Kier molecular flexibility index (Phi) is 2.56. The first-order valence-electron chi connectivity index (χ1n) is 5.39. The predicted molar refractivity (Wildman–Crippen MR) is 61.0 cm³/mol. The molecule has 16 heavy (non-hydrogen) atoms. The van der Waals surface area contributed by atoms with Crippen LogP contribution in [0.15, 0.2) is 18.2 Å². The van der Waals surface area contributed by atoms with Crippen molar-refractivity contribution in [2.45, 2.75) is 19.4 Å². The van der Waals surface area contributed by atoms with Crippen LogP contribution in [0.3, 0.4) is 0 Å². The predicted octanol–water partition coefficient (Wildman–Crippen LogP) is 1.16. The average molecular weight is 217 g/mol. The number of nitriles is 1. The molecule has 1 N–H and O–H groups in total. The largest absolute Gasteiger partial charge is 0.386 e. The number of hydrogen-bond donors (Lipinski definition) is 1. The highest BCUT2D eigenvalue weighted by atomic mass is 16.3. The van der Waals surface area contributed by atoms with E-state index in [1.807, 2.05) is 36.9 Å². The molecule has 0 saturated carbocycles. The van der Waals surface area contributed by atoms with Crippen LogP contribution in [0.1, 0.15) is 19.5 Å². The quantitative estimate of drug-likeness (QED) is 0.807. The topological polar surface area (TPSA) is 60.1 Å². The summed E-state index contributed by atoms with van der Waals surface area (Å²) in [6, 6.07) is 7.37. The lowest BCUT2D eigenvalue weighted by molar-refractivity contribution is -0.0304. The summed E-state index contributed by atoms with van der Waals surface area (Å²) in [6.07, 6.45) is 0. The highest BCUT2D eigenvalue weighted by Crippen LogP contribution is 2.31. The summed E-state index contributed by atoms with van der Waals surface area (Å²) in [7, 11) is 0. The molecular weight excluding hydrogens is 202 g/mol. The minimum atomic E-state index is -0.607. The van der Waals surface area contributed by atoms with Crippen molar-refractivity contribution < 1.29 is 5.11 Å². The van der Waals surface area contributed by atoms with Crippen LogP contribution >= 0.6 is 0 Å². The van der Waals surface area contributed by atoms with E-state index in [4.69, 9.17) is 5.26 Å². The van der Waals surface area contributed by atoms with Crippen LogP contribution in [0.25, 0.3) is 0 Å². The number of β-amino-alcohol motifs (C(OH)–C–C–N with tert-alkyl or cyclic N) is 1. The van der Waals surface area contributed by atoms with Crippen molar-refractivity contribution in [1.29, 1.82) is 5.26 Å². The molecule has 0 radical (unpaired) electrons. The molecule has 2 rings (SSSR count). The van der Waals surface area contributed by atoms with E-state index in [2.05, 4.69) is 4.98 Å². The molecule has 0 aromatic carbocycles. The van der Waals surface area contributed by atoms with Gasteiger partial charge in [-0.25, -0.2) is 4.98 Å². The Hall–Kier alpha value is -1.60. The Labute approximate surface area is 95.1 Å². The van der Waals surface area contributed by atoms with Crippen molar-refractivity contribution >= 4 is 5.82 Å². The molecule has 84 valence electrons. The summed E-state index contributed by atoms with van der Waals surface area (Å²) >= 11 is 0. The van der Waals surface area contributed by atoms with Crippen LogP contribution in [-0.4, -0.2) is 28.8 Å². The minimum absolute atomic E-state index is 0.239. The molecule has 1 saturated heterocycles. The van der Waals surface area contributed by atoms with Gasteiger partial charge in [0, 0.05) is 0 Å². The van der Waals surface area contributed by atoms with E-state index in [1.165, 1.54) is 0 Å². The first-order valence-corrected chi connectivity index (χ1v) is 5.39. The number of rotatable bonds is 2. The van der Waals surface area contributed by atoms with Gasteiger partial charge in [-0.3, -0.25) is 0 Å². The maximum Gasteiger partial charge on any atom is 0.142 e. The fourth-order valence-electron chi connectivity index (χ4n) is 1.80. The zero-order chi connectivity index (χ0) is 11.8. The van der Waals surface area contributed by atoms with Gasteiger partial charge < -0.3 is 10.0 Å². The third-order valence-corrected chi connectivity index (χ3v) is 3.18. The van der Waals surface area contributed by atoms with E-state index in [1.54, 1.807) is 6.07 Å². The summed E-state index contributed by atoms with van der Waals surface area (Å²) < 4.78 is 0. The lowest BCUT2D eigenvalue weighted by Gasteiger charge is -2.49. The first kappa shape index (κ1) is 10.9. The van der Waals surface area contributed by atoms with Gasteiger partial charge in [0.05, 0.1) is 13.1 Å². The second kappa shape index (κ2) is 3.76. The van der Waals surface area contributed by atoms with E-state index < -0.39 is 5.60 Å². The van der Waals surface area contributed by atoms with E-state index in [9.17, 15) is 5.11 Å². The van der Waals surface area contributed by atoms with Gasteiger partial charge in [0.15, 0.2) is 0 Å². The van der Waals surface area contributed by atoms with Crippen LogP contribution in [0.2, 0.25) is 0 Å². The van der Waals surface area contributed by atoms with Gasteiger partial charge in [-0.2, -0.15) is 5.26 Å². The third kappa shape index (κ3) is 1.74. The Bertz CT molecular complexity index is 430. The van der Waals surface area contributed by atoms with Crippen molar-refractivity contribution in [2.75, 3.05) is 18.0 Å². The van der Waals surface area contributed by atoms with E-state index in [0.717, 1.165) is 5.82 Å². The zero-order valence-corrected chi connectivity index (χ0v) is 9.51. The molecular formula is C12H15N3O. The molecule has 0 amide bonds. The molecule has 0 unspecified atom stereocenters. The smallest absolute Gasteiger partial charge is 0.142 e. The van der Waals surface area contributed by atoms with Gasteiger partial charge >= 0.3 is 0 Å². The van der Waals surface area contributed by atoms with Gasteiger partial charge in [0.2, 0.25) is 0 Å². The van der Waals surface area contributed by atoms with Crippen molar-refractivity contribution in [3.8, 4) is 6.07 Å². The monoisotopic (exact) mass is 217 g/mol. The number of pyridine rings is 1. The molecule has 0 aliphatic carbocycles. The molecule has 1 aromatic heterocycles. The Morgan fingerprint density at radius 1 is 1.50 bits per heavy atom. The normalized spacial score (nSPS) is 18.1. The number of nitrogens with zero attached hydrogens (tertiary/aromatic N) is 3. The molecule has 4 nitrogen and oxygen atoms in total. The SMILES string of the molecule is CC(C)C1(O)CN(c2cccc(C#N)n2)C1. The second-order valence-electron chi connectivity index (χ2n) is 4.61. The molecule has 0 spiro atoms. The summed E-state index contributed by atoms with van der Waals surface area (Å²) in [5.41, 5.74) is -0.192.